The second-order valence-corrected chi connectivity index (χ2v) is 21.2. The Bertz CT molecular complexity index is 3350. The molecule has 10 rings (SSSR count). The summed E-state index contributed by atoms with van der Waals surface area (Å²) < 4.78 is 36.3. The first-order chi connectivity index (χ1) is 37.8. The highest BCUT2D eigenvalue weighted by atomic mass is 19.1. The zero-order valence-electron chi connectivity index (χ0n) is 45.4. The number of hydrogen-bond acceptors (Lipinski definition) is 14. The third-order valence-corrected chi connectivity index (χ3v) is 15.7. The number of allylic oxidation sites excluding steroid dienone is 5. The van der Waals surface area contributed by atoms with Crippen LogP contribution in [0.4, 0.5) is 10.2 Å². The fourth-order valence-corrected chi connectivity index (χ4v) is 11.4. The Morgan fingerprint density at radius 3 is 2.60 bits per heavy atom. The summed E-state index contributed by atoms with van der Waals surface area (Å²) in [6, 6.07) is 9.70. The Balaban J connectivity index is 0.880. The zero-order valence-corrected chi connectivity index (χ0v) is 45.4. The molecule has 3 saturated heterocycles. The van der Waals surface area contributed by atoms with E-state index in [9.17, 15) is 14.7 Å². The number of nitrogens with one attached hydrogen (secondary N) is 3. The van der Waals surface area contributed by atoms with Crippen LogP contribution in [0.3, 0.4) is 0 Å². The van der Waals surface area contributed by atoms with E-state index in [0.717, 1.165) is 58.4 Å². The van der Waals surface area contributed by atoms with E-state index in [1.807, 2.05) is 89.4 Å². The third-order valence-electron chi connectivity index (χ3n) is 15.7. The normalized spacial score (nSPS) is 20.5. The van der Waals surface area contributed by atoms with E-state index >= 15 is 4.39 Å². The second-order valence-electron chi connectivity index (χ2n) is 21.2. The van der Waals surface area contributed by atoms with E-state index in [2.05, 4.69) is 66.0 Å². The van der Waals surface area contributed by atoms with Gasteiger partial charge < -0.3 is 39.8 Å². The highest BCUT2D eigenvalue weighted by molar-refractivity contribution is 6.06. The van der Waals surface area contributed by atoms with Crippen LogP contribution in [0.2, 0.25) is 0 Å². The fourth-order valence-electron chi connectivity index (χ4n) is 11.4. The zero-order chi connectivity index (χ0) is 54.8. The van der Waals surface area contributed by atoms with Crippen molar-refractivity contribution < 1.29 is 33.3 Å². The summed E-state index contributed by atoms with van der Waals surface area (Å²) in [5.41, 5.74) is 7.68. The van der Waals surface area contributed by atoms with Crippen molar-refractivity contribution in [2.45, 2.75) is 109 Å². The first-order valence-electron chi connectivity index (χ1n) is 27.0. The Morgan fingerprint density at radius 1 is 1.09 bits per heavy atom. The van der Waals surface area contributed by atoms with Gasteiger partial charge in [-0.1, -0.05) is 73.7 Å². The molecule has 3 aromatic heterocycles. The van der Waals surface area contributed by atoms with Gasteiger partial charge in [0.2, 0.25) is 11.8 Å². The van der Waals surface area contributed by atoms with Gasteiger partial charge in [-0.2, -0.15) is 15.1 Å². The van der Waals surface area contributed by atoms with E-state index in [1.54, 1.807) is 29.8 Å². The van der Waals surface area contributed by atoms with Crippen LogP contribution < -0.4 is 25.0 Å². The number of carbonyl (C=O) groups is 2. The van der Waals surface area contributed by atoms with Crippen LogP contribution in [0.15, 0.2) is 95.8 Å². The van der Waals surface area contributed by atoms with Crippen molar-refractivity contribution in [2.75, 3.05) is 51.5 Å². The van der Waals surface area contributed by atoms with Gasteiger partial charge in [0.25, 0.3) is 0 Å². The predicted octanol–water partition coefficient (Wildman–Crippen LogP) is 8.19. The Labute approximate surface area is 453 Å². The number of methoxy groups -OCH3 is 1. The molecule has 2 amide bonds. The summed E-state index contributed by atoms with van der Waals surface area (Å²) in [5, 5.41) is 35.0. The van der Waals surface area contributed by atoms with Crippen LogP contribution in [-0.4, -0.2) is 134 Å². The van der Waals surface area contributed by atoms with E-state index in [0.29, 0.717) is 76.7 Å². The lowest BCUT2D eigenvalue weighted by Crippen LogP contribution is -2.50. The lowest BCUT2D eigenvalue weighted by molar-refractivity contribution is -0.142. The van der Waals surface area contributed by atoms with Crippen molar-refractivity contribution in [3.63, 3.8) is 0 Å². The molecule has 18 nitrogen and oxygen atoms in total. The molecule has 6 aromatic rings. The highest BCUT2D eigenvalue weighted by Gasteiger charge is 2.42. The topological polar surface area (TPSA) is 210 Å². The maximum absolute atomic E-state index is 15.9. The molecule has 0 saturated carbocycles. The summed E-state index contributed by atoms with van der Waals surface area (Å²) in [5.74, 6) is 0.0132. The summed E-state index contributed by atoms with van der Waals surface area (Å²) in [6.07, 6.45) is 17.9. The minimum Gasteiger partial charge on any atom is -0.486 e. The number of aromatic amines is 1. The molecule has 19 heteroatoms. The molecular formula is C59H69FN12O6. The number of piperazine rings is 1. The van der Waals surface area contributed by atoms with Gasteiger partial charge in [0, 0.05) is 78.4 Å². The number of aliphatic hydroxyl groups is 1. The number of fused-ring (bicyclic) bond motifs is 4. The summed E-state index contributed by atoms with van der Waals surface area (Å²) >= 11 is 0. The maximum atomic E-state index is 15.9. The number of hydrogen-bond donors (Lipinski definition) is 4. The fraction of sp³-hybridized carbons (Fsp3) is 0.424. The van der Waals surface area contributed by atoms with Crippen molar-refractivity contribution in [1.82, 2.24) is 50.7 Å². The van der Waals surface area contributed by atoms with Crippen molar-refractivity contribution >= 4 is 51.9 Å². The van der Waals surface area contributed by atoms with Crippen LogP contribution in [0.5, 0.6) is 11.8 Å². The van der Waals surface area contributed by atoms with Gasteiger partial charge in [0.1, 0.15) is 42.4 Å². The van der Waals surface area contributed by atoms with Gasteiger partial charge in [0.15, 0.2) is 5.75 Å². The van der Waals surface area contributed by atoms with Crippen LogP contribution >= 0.6 is 0 Å². The maximum Gasteiger partial charge on any atom is 0.319 e. The molecule has 4 N–H and O–H groups in total. The molecule has 6 unspecified atom stereocenters. The van der Waals surface area contributed by atoms with Gasteiger partial charge in [0.05, 0.1) is 41.9 Å². The molecule has 0 spiro atoms. The molecule has 408 valence electrons. The first-order valence-corrected chi connectivity index (χ1v) is 27.0. The lowest BCUT2D eigenvalue weighted by Gasteiger charge is -2.30. The smallest absolute Gasteiger partial charge is 0.319 e. The minimum atomic E-state index is -0.715. The molecule has 0 radical (unpaired) electrons. The second kappa shape index (κ2) is 23.2. The van der Waals surface area contributed by atoms with Crippen LogP contribution in [-0.2, 0) is 14.3 Å². The van der Waals surface area contributed by atoms with Gasteiger partial charge in [-0.15, -0.1) is 5.10 Å². The molecule has 3 aromatic carbocycles. The standard InChI is InChI=1S/C59H69FN12O6/c1-9-10-12-46(61-7)38-18-20-40(21-19-38)49(30-73)64-57(74)50-13-11-22-70(50)58(75)54(33(2)3)72-29-48(68-69-72)39-16-14-37(15-17-39)32-77-55-51(52-36(6)45(60)25-47-44(52)27-63-67-47)34(4)23-43-53(55)65-59(78-31-35(5)76-8)66-56(43)71-28-41-24-42(71)26-62-41/h9-10,12,14-16,18-21,23,25,27,29,33,35,39,41-42,49-50,54,62,73H,7,11,13,17,22,24,26,28,30-32H2,1-6,8H3,(H,63,67)(H,64,74)/b10-9-,46-12-/t35-,39?,41?,42?,49?,50?,54?/m0/s1. The van der Waals surface area contributed by atoms with Crippen molar-refractivity contribution in [2.24, 2.45) is 10.9 Å². The van der Waals surface area contributed by atoms with E-state index < -0.39 is 18.1 Å². The molecule has 3 aliphatic heterocycles. The molecule has 2 bridgehead atoms. The molecule has 4 aliphatic rings. The van der Waals surface area contributed by atoms with Crippen molar-refractivity contribution in [1.29, 1.82) is 0 Å². The van der Waals surface area contributed by atoms with E-state index in [4.69, 9.17) is 24.2 Å². The van der Waals surface area contributed by atoms with Crippen LogP contribution in [0.25, 0.3) is 38.6 Å². The molecule has 1 aliphatic carbocycles. The number of aromatic nitrogens is 7. The van der Waals surface area contributed by atoms with E-state index in [-0.39, 0.29) is 67.4 Å². The van der Waals surface area contributed by atoms with Gasteiger partial charge >= 0.3 is 6.01 Å². The third kappa shape index (κ3) is 10.7. The number of carbonyl (C=O) groups excluding carboxylic acids is 2. The van der Waals surface area contributed by atoms with Crippen molar-refractivity contribution in [3.05, 3.63) is 125 Å². The highest BCUT2D eigenvalue weighted by Crippen LogP contribution is 2.47. The number of nitrogens with zero attached hydrogens (tertiary/aromatic N) is 9. The number of rotatable bonds is 20. The predicted molar refractivity (Wildman–Crippen MR) is 299 cm³/mol. The summed E-state index contributed by atoms with van der Waals surface area (Å²) in [6.45, 7) is 17.4. The molecule has 6 heterocycles. The number of benzene rings is 3. The minimum absolute atomic E-state index is 0.140. The number of aliphatic imine (C=N–C) groups is 1. The number of aliphatic hydroxyl groups excluding tert-OH is 1. The molecule has 78 heavy (non-hydrogen) atoms. The van der Waals surface area contributed by atoms with E-state index in [1.165, 1.54) is 6.07 Å². The van der Waals surface area contributed by atoms with Crippen LogP contribution in [0.1, 0.15) is 99.3 Å². The largest absolute Gasteiger partial charge is 0.486 e. The molecule has 3 fully saturated rings. The number of amides is 2. The Morgan fingerprint density at radius 2 is 1.91 bits per heavy atom. The average Bonchev–Trinajstić information content (AvgIpc) is 4.41. The number of aryl methyl sites for hydroxylation is 1. The van der Waals surface area contributed by atoms with Crippen LogP contribution in [0, 0.1) is 25.6 Å². The SMILES string of the molecule is C=N/C(=C\C=C/C)c1ccc(C(CO)NC(=O)C2CCCN2C(=O)C(C(C)C)n2cc(C3C=CC(COc4c(-c5c(C)c(F)cc6[nH]ncc56)c(C)cc5c(N6CC7CC6CN7)nc(OC[C@H](C)OC)nc45)=CC3)nn2)cc1. The monoisotopic (exact) mass is 1060 g/mol. The number of likely N-dealkylation sites (tertiary alicyclic amines) is 1. The molecular weight excluding hydrogens is 992 g/mol. The Hall–Kier alpha value is -7.61. The first kappa shape index (κ1) is 53.8. The van der Waals surface area contributed by atoms with Crippen molar-refractivity contribution in [3.8, 4) is 22.9 Å². The summed E-state index contributed by atoms with van der Waals surface area (Å²) in [7, 11) is 1.63. The number of H-pyrrole nitrogens is 1. The van der Waals surface area contributed by atoms with Gasteiger partial charge in [-0.25, -0.2) is 9.07 Å². The lowest BCUT2D eigenvalue weighted by atomic mass is 9.91. The number of ether oxygens (including phenoxy) is 3. The quantitative estimate of drug-likeness (QED) is 0.0420. The Kier molecular flexibility index (Phi) is 16.0. The average molecular weight is 1060 g/mol. The number of halogens is 1. The summed E-state index contributed by atoms with van der Waals surface area (Å²) in [4.78, 5) is 46.7. The molecule has 7 atom stereocenters. The van der Waals surface area contributed by atoms with Gasteiger partial charge in [-0.3, -0.25) is 19.7 Å². The van der Waals surface area contributed by atoms with Gasteiger partial charge in [-0.05, 0) is 106 Å². The number of anilines is 1.